The van der Waals surface area contributed by atoms with Gasteiger partial charge in [-0.1, -0.05) is 36.4 Å². The molecule has 2 aromatic carbocycles. The van der Waals surface area contributed by atoms with Crippen LogP contribution in [0, 0.1) is 0 Å². The first-order chi connectivity index (χ1) is 12.7. The molecule has 0 radical (unpaired) electrons. The van der Waals surface area contributed by atoms with Gasteiger partial charge in [-0.05, 0) is 31.2 Å². The average Bonchev–Trinajstić information content (AvgIpc) is 3.11. The first-order valence-corrected chi connectivity index (χ1v) is 8.06. The van der Waals surface area contributed by atoms with Crippen LogP contribution in [0.25, 0.3) is 16.8 Å². The number of rotatable bonds is 2. The molecule has 6 nitrogen and oxygen atoms in total. The molecule has 1 aliphatic heterocycles. The minimum absolute atomic E-state index is 0.225. The van der Waals surface area contributed by atoms with E-state index in [9.17, 15) is 10.2 Å². The summed E-state index contributed by atoms with van der Waals surface area (Å²) in [5, 5.41) is 14.1. The summed E-state index contributed by atoms with van der Waals surface area (Å²) in [5.74, 6) is 2.83. The molecular weight excluding hydrogens is 326 g/mol. The smallest absolute Gasteiger partial charge is 0.264 e. The number of hydrogen-bond donors (Lipinski definition) is 0. The molecule has 26 heavy (non-hydrogen) atoms. The van der Waals surface area contributed by atoms with Gasteiger partial charge in [0.15, 0.2) is 5.82 Å². The van der Waals surface area contributed by atoms with Gasteiger partial charge in [-0.15, -0.1) is 0 Å². The number of hydrogen-bond acceptors (Lipinski definition) is 3. The monoisotopic (exact) mass is 340 g/mol. The molecule has 0 fully saturated rings. The first kappa shape index (κ1) is 15.7. The molecule has 0 saturated heterocycles. The van der Waals surface area contributed by atoms with Gasteiger partial charge in [-0.25, -0.2) is 15.5 Å². The van der Waals surface area contributed by atoms with Crippen molar-refractivity contribution >= 4 is 29.1 Å². The SMILES string of the molecule is CC1=Nc2c(cnn2-c2ccccc2)C(=C=[N-])N1C(=O)c1ccccc1. The maximum absolute atomic E-state index is 12.9. The Balaban J connectivity index is 1.83. The number of para-hydroxylation sites is 1. The third-order valence-electron chi connectivity index (χ3n) is 4.14. The summed E-state index contributed by atoms with van der Waals surface area (Å²) in [5.41, 5.74) is 2.09. The van der Waals surface area contributed by atoms with Crippen LogP contribution < -0.4 is 0 Å². The van der Waals surface area contributed by atoms with E-state index in [0.717, 1.165) is 5.69 Å². The normalized spacial score (nSPS) is 13.0. The number of carbonyl (C=O) groups is 1. The van der Waals surface area contributed by atoms with Crippen molar-refractivity contribution in [2.75, 3.05) is 0 Å². The lowest BCUT2D eigenvalue weighted by Gasteiger charge is -2.28. The Labute approximate surface area is 150 Å². The molecule has 1 aliphatic rings. The van der Waals surface area contributed by atoms with Gasteiger partial charge in [-0.2, -0.15) is 5.10 Å². The molecule has 1 aromatic heterocycles. The zero-order valence-electron chi connectivity index (χ0n) is 14.0. The van der Waals surface area contributed by atoms with Crippen molar-refractivity contribution < 1.29 is 4.79 Å². The van der Waals surface area contributed by atoms with E-state index >= 15 is 0 Å². The van der Waals surface area contributed by atoms with Crippen LogP contribution in [0.3, 0.4) is 0 Å². The van der Waals surface area contributed by atoms with E-state index in [2.05, 4.69) is 16.0 Å². The van der Waals surface area contributed by atoms with E-state index in [4.69, 9.17) is 0 Å². The fourth-order valence-corrected chi connectivity index (χ4v) is 2.93. The lowest BCUT2D eigenvalue weighted by atomic mass is 10.1. The summed E-state index contributed by atoms with van der Waals surface area (Å²) in [4.78, 5) is 18.8. The molecule has 0 spiro atoms. The van der Waals surface area contributed by atoms with E-state index in [1.807, 2.05) is 36.4 Å². The second-order valence-corrected chi connectivity index (χ2v) is 5.76. The highest BCUT2D eigenvalue weighted by Gasteiger charge is 2.30. The van der Waals surface area contributed by atoms with Crippen LogP contribution in [-0.2, 0) is 0 Å². The number of amidine groups is 1. The van der Waals surface area contributed by atoms with Crippen LogP contribution in [0.15, 0.2) is 71.9 Å². The van der Waals surface area contributed by atoms with Gasteiger partial charge in [0.2, 0.25) is 0 Å². The predicted molar refractivity (Wildman–Crippen MR) is 101 cm³/mol. The highest BCUT2D eigenvalue weighted by molar-refractivity contribution is 6.18. The average molecular weight is 340 g/mol. The quantitative estimate of drug-likeness (QED) is 0.668. The molecule has 2 heterocycles. The molecule has 1 amide bonds. The number of aromatic nitrogens is 2. The van der Waals surface area contributed by atoms with E-state index in [1.54, 1.807) is 42.1 Å². The largest absolute Gasteiger partial charge is 0.761 e. The molecule has 0 atom stereocenters. The second-order valence-electron chi connectivity index (χ2n) is 5.76. The van der Waals surface area contributed by atoms with Crippen molar-refractivity contribution in [2.45, 2.75) is 6.92 Å². The number of carbonyl (C=O) groups excluding carboxylic acids is 1. The molecule has 0 saturated carbocycles. The van der Waals surface area contributed by atoms with Gasteiger partial charge >= 0.3 is 0 Å². The van der Waals surface area contributed by atoms with Crippen molar-refractivity contribution in [3.8, 4) is 5.69 Å². The number of nitrogens with zero attached hydrogens (tertiary/aromatic N) is 5. The minimum Gasteiger partial charge on any atom is -0.761 e. The van der Waals surface area contributed by atoms with E-state index in [1.165, 1.54) is 4.90 Å². The third-order valence-corrected chi connectivity index (χ3v) is 4.14. The van der Waals surface area contributed by atoms with Crippen molar-refractivity contribution in [2.24, 2.45) is 4.99 Å². The van der Waals surface area contributed by atoms with Gasteiger partial charge in [0, 0.05) is 5.56 Å². The Kier molecular flexibility index (Phi) is 3.80. The van der Waals surface area contributed by atoms with Gasteiger partial charge in [0.1, 0.15) is 5.84 Å². The number of fused-ring (bicyclic) bond motifs is 1. The number of aliphatic imine (C=N–C) groups is 1. The molecule has 6 heteroatoms. The Morgan fingerprint density at radius 2 is 1.69 bits per heavy atom. The van der Waals surface area contributed by atoms with Crippen LogP contribution in [0.4, 0.5) is 5.82 Å². The van der Waals surface area contributed by atoms with Crippen LogP contribution >= 0.6 is 0 Å². The van der Waals surface area contributed by atoms with E-state index < -0.39 is 0 Å². The Morgan fingerprint density at radius 1 is 1.04 bits per heavy atom. The first-order valence-electron chi connectivity index (χ1n) is 8.06. The van der Waals surface area contributed by atoms with Crippen molar-refractivity contribution in [3.63, 3.8) is 0 Å². The van der Waals surface area contributed by atoms with Crippen LogP contribution in [0.5, 0.6) is 0 Å². The van der Waals surface area contributed by atoms with E-state index in [-0.39, 0.29) is 11.6 Å². The second kappa shape index (κ2) is 6.27. The maximum atomic E-state index is 12.9. The topological polar surface area (TPSA) is 72.8 Å². The van der Waals surface area contributed by atoms with Crippen molar-refractivity contribution in [1.29, 1.82) is 0 Å². The number of benzene rings is 2. The minimum atomic E-state index is -0.290. The molecule has 126 valence electrons. The van der Waals surface area contributed by atoms with Crippen LogP contribution in [0.2, 0.25) is 0 Å². The van der Waals surface area contributed by atoms with Gasteiger partial charge in [-0.3, -0.25) is 9.69 Å². The lowest BCUT2D eigenvalue weighted by Crippen LogP contribution is -2.35. The van der Waals surface area contributed by atoms with Crippen LogP contribution in [0.1, 0.15) is 22.8 Å². The molecular formula is C20H14N5O-. The zero-order valence-corrected chi connectivity index (χ0v) is 14.0. The lowest BCUT2D eigenvalue weighted by molar-refractivity contribution is 0.0896. The molecule has 0 aliphatic carbocycles. The van der Waals surface area contributed by atoms with Gasteiger partial charge in [0.25, 0.3) is 5.91 Å². The third kappa shape index (κ3) is 2.46. The zero-order chi connectivity index (χ0) is 18.1. The molecule has 0 unspecified atom stereocenters. The van der Waals surface area contributed by atoms with Crippen molar-refractivity contribution in [1.82, 2.24) is 14.7 Å². The molecule has 0 bridgehead atoms. The number of amides is 1. The highest BCUT2D eigenvalue weighted by Crippen LogP contribution is 2.35. The molecule has 4 rings (SSSR count). The fraction of sp³-hybridized carbons (Fsp3) is 0.0500. The Hall–Kier alpha value is -3.76. The summed E-state index contributed by atoms with van der Waals surface area (Å²) in [6.07, 6.45) is 1.57. The fourth-order valence-electron chi connectivity index (χ4n) is 2.93. The standard InChI is InChI=1S/C20H14N5O/c1-14-23-19-17(13-22-25(19)16-10-6-3-7-11-16)18(12-21)24(14)20(26)15-8-4-2-5-9-15/h2-11,13H,1H3/q-1. The predicted octanol–water partition coefficient (Wildman–Crippen LogP) is 3.66. The molecule has 0 N–H and O–H groups in total. The maximum Gasteiger partial charge on any atom is 0.264 e. The summed E-state index contributed by atoms with van der Waals surface area (Å²) < 4.78 is 1.67. The Morgan fingerprint density at radius 3 is 2.35 bits per heavy atom. The summed E-state index contributed by atoms with van der Waals surface area (Å²) in [7, 11) is 0. The van der Waals surface area contributed by atoms with Crippen LogP contribution in [-0.4, -0.2) is 32.3 Å². The van der Waals surface area contributed by atoms with Gasteiger partial charge < -0.3 is 5.41 Å². The van der Waals surface area contributed by atoms with E-state index in [0.29, 0.717) is 22.8 Å². The Bertz CT molecular complexity index is 1060. The van der Waals surface area contributed by atoms with Crippen molar-refractivity contribution in [3.05, 3.63) is 83.4 Å². The van der Waals surface area contributed by atoms with Gasteiger partial charge in [0.05, 0.1) is 23.1 Å². The summed E-state index contributed by atoms with van der Waals surface area (Å²) >= 11 is 0. The summed E-state index contributed by atoms with van der Waals surface area (Å²) in [6, 6.07) is 18.4. The molecule has 3 aromatic rings. The highest BCUT2D eigenvalue weighted by atomic mass is 16.2. The summed E-state index contributed by atoms with van der Waals surface area (Å²) in [6.45, 7) is 1.71.